The van der Waals surface area contributed by atoms with Crippen LogP contribution in [0.15, 0.2) is 67.4 Å². The van der Waals surface area contributed by atoms with Crippen LogP contribution in [0.4, 0.5) is 0 Å². The van der Waals surface area contributed by atoms with Crippen LogP contribution < -0.4 is 4.74 Å². The number of hydrogen-bond acceptors (Lipinski definition) is 4. The smallest absolute Gasteiger partial charge is 0.131 e. The molecule has 3 aromatic rings. The average molecular weight is 441 g/mol. The Balaban J connectivity index is 1.58. The van der Waals surface area contributed by atoms with E-state index < -0.39 is 6.10 Å². The Morgan fingerprint density at radius 3 is 2.94 bits per heavy atom. The van der Waals surface area contributed by atoms with Crippen LogP contribution >= 0.6 is 0 Å². The summed E-state index contributed by atoms with van der Waals surface area (Å²) in [4.78, 5) is 4.50. The predicted molar refractivity (Wildman–Crippen MR) is 128 cm³/mol. The van der Waals surface area contributed by atoms with Gasteiger partial charge in [-0.25, -0.2) is 0 Å². The number of methoxy groups -OCH3 is 1. The average Bonchev–Trinajstić information content (AvgIpc) is 2.87. The van der Waals surface area contributed by atoms with Gasteiger partial charge >= 0.3 is 0 Å². The lowest BCUT2D eigenvalue weighted by atomic mass is 9.71. The second-order valence-electron chi connectivity index (χ2n) is 9.53. The van der Waals surface area contributed by atoms with Crippen LogP contribution in [-0.2, 0) is 6.54 Å². The number of pyridine rings is 1. The van der Waals surface area contributed by atoms with Gasteiger partial charge in [0.15, 0.2) is 0 Å². The molecule has 0 amide bonds. The molecule has 2 bridgehead atoms. The summed E-state index contributed by atoms with van der Waals surface area (Å²) in [5.41, 5.74) is 3.54. The van der Waals surface area contributed by atoms with Gasteiger partial charge in [-0.15, -0.1) is 6.58 Å². The Morgan fingerprint density at radius 1 is 1.30 bits per heavy atom. The summed E-state index contributed by atoms with van der Waals surface area (Å²) in [5, 5.41) is 22.5. The first kappa shape index (κ1) is 21.6. The fourth-order valence-electron chi connectivity index (χ4n) is 6.23. The minimum atomic E-state index is -0.634. The lowest BCUT2D eigenvalue weighted by Crippen LogP contribution is -2.67. The number of piperidine rings is 3. The molecule has 168 valence electrons. The molecule has 5 nitrogen and oxygen atoms in total. The first-order valence-electron chi connectivity index (χ1n) is 11.7. The number of aliphatic hydroxyl groups excluding tert-OH is 1. The molecule has 5 heteroatoms. The SMILES string of the molecule is C=C[C@H]1C[N+]2(Cc3ccccc3C#N)CC[C@H]1C[C@H]2[C@H](O)c1ccnc2ccc(OC)cc12. The van der Waals surface area contributed by atoms with E-state index >= 15 is 0 Å². The van der Waals surface area contributed by atoms with Crippen molar-refractivity contribution in [3.63, 3.8) is 0 Å². The van der Waals surface area contributed by atoms with Crippen molar-refractivity contribution in [2.24, 2.45) is 11.8 Å². The highest BCUT2D eigenvalue weighted by Crippen LogP contribution is 2.48. The number of benzene rings is 2. The van der Waals surface area contributed by atoms with Crippen molar-refractivity contribution in [3.05, 3.63) is 84.1 Å². The number of aromatic nitrogens is 1. The zero-order chi connectivity index (χ0) is 23.0. The minimum Gasteiger partial charge on any atom is -0.497 e. The molecule has 33 heavy (non-hydrogen) atoms. The standard InChI is InChI=1S/C28H30N3O2/c1-3-19-17-31(18-22-7-5-4-6-21(22)16-29)13-11-20(19)14-27(31)28(32)24-10-12-30-26-9-8-23(33-2)15-25(24)26/h3-10,12,15,19-20,27-28,32H,1,11,13-14,17-18H2,2H3/q+1/t19-,20-,27-,28+,31?/m0/s1. The molecule has 1 N–H and O–H groups in total. The van der Waals surface area contributed by atoms with Crippen LogP contribution in [-0.4, -0.2) is 40.8 Å². The number of nitriles is 1. The van der Waals surface area contributed by atoms with E-state index in [-0.39, 0.29) is 6.04 Å². The Kier molecular flexibility index (Phi) is 5.65. The van der Waals surface area contributed by atoms with Crippen LogP contribution in [0.1, 0.15) is 35.6 Å². The van der Waals surface area contributed by atoms with Crippen LogP contribution in [0.5, 0.6) is 5.75 Å². The summed E-state index contributed by atoms with van der Waals surface area (Å²) < 4.78 is 6.23. The molecule has 2 aromatic carbocycles. The first-order chi connectivity index (χ1) is 16.1. The van der Waals surface area contributed by atoms with Crippen molar-refractivity contribution in [3.8, 4) is 11.8 Å². The fraction of sp³-hybridized carbons (Fsp3) is 0.357. The summed E-state index contributed by atoms with van der Waals surface area (Å²) >= 11 is 0. The van der Waals surface area contributed by atoms with E-state index in [0.717, 1.165) is 70.3 Å². The second-order valence-corrected chi connectivity index (χ2v) is 9.53. The minimum absolute atomic E-state index is 0.0449. The Hall–Kier alpha value is -3.20. The van der Waals surface area contributed by atoms with Gasteiger partial charge in [-0.05, 0) is 41.8 Å². The van der Waals surface area contributed by atoms with Gasteiger partial charge in [-0.1, -0.05) is 24.3 Å². The number of ether oxygens (including phenoxy) is 1. The third kappa shape index (κ3) is 3.70. The molecule has 1 aromatic heterocycles. The normalized spacial score (nSPS) is 27.1. The van der Waals surface area contributed by atoms with E-state index in [1.54, 1.807) is 13.3 Å². The Morgan fingerprint density at radius 2 is 2.15 bits per heavy atom. The van der Waals surface area contributed by atoms with Crippen molar-refractivity contribution in [2.75, 3.05) is 20.2 Å². The number of rotatable bonds is 6. The number of hydrogen-bond donors (Lipinski definition) is 1. The van der Waals surface area contributed by atoms with Crippen molar-refractivity contribution >= 4 is 10.9 Å². The molecular formula is C28H30N3O2+. The molecule has 6 rings (SSSR count). The molecule has 5 atom stereocenters. The summed E-state index contributed by atoms with van der Waals surface area (Å²) in [6.45, 7) is 6.81. The molecule has 3 aliphatic heterocycles. The highest BCUT2D eigenvalue weighted by atomic mass is 16.5. The summed E-state index contributed by atoms with van der Waals surface area (Å²) in [6.07, 6.45) is 5.32. The number of nitrogens with zero attached hydrogens (tertiary/aromatic N) is 3. The molecule has 4 heterocycles. The zero-order valence-electron chi connectivity index (χ0n) is 19.0. The van der Waals surface area contributed by atoms with Gasteiger partial charge in [0.25, 0.3) is 0 Å². The third-order valence-electron chi connectivity index (χ3n) is 7.96. The molecule has 0 radical (unpaired) electrons. The topological polar surface area (TPSA) is 66.1 Å². The molecule has 1 unspecified atom stereocenters. The van der Waals surface area contributed by atoms with E-state index in [1.807, 2.05) is 42.5 Å². The fourth-order valence-corrected chi connectivity index (χ4v) is 6.23. The monoisotopic (exact) mass is 440 g/mol. The van der Waals surface area contributed by atoms with E-state index in [0.29, 0.717) is 11.8 Å². The van der Waals surface area contributed by atoms with Gasteiger partial charge in [0, 0.05) is 35.9 Å². The first-order valence-corrected chi connectivity index (χ1v) is 11.7. The van der Waals surface area contributed by atoms with Crippen LogP contribution in [0.3, 0.4) is 0 Å². The lowest BCUT2D eigenvalue weighted by Gasteiger charge is -2.58. The molecule has 3 fully saturated rings. The summed E-state index contributed by atoms with van der Waals surface area (Å²) in [6, 6.07) is 18.0. The molecule has 3 aliphatic rings. The van der Waals surface area contributed by atoms with E-state index in [1.165, 1.54) is 0 Å². The molecule has 3 saturated heterocycles. The molecular weight excluding hydrogens is 410 g/mol. The van der Waals surface area contributed by atoms with Crippen LogP contribution in [0.2, 0.25) is 0 Å². The maximum Gasteiger partial charge on any atom is 0.131 e. The van der Waals surface area contributed by atoms with E-state index in [9.17, 15) is 10.4 Å². The summed E-state index contributed by atoms with van der Waals surface area (Å²) in [5.74, 6) is 1.73. The zero-order valence-corrected chi connectivity index (χ0v) is 19.0. The second kappa shape index (κ2) is 8.62. The van der Waals surface area contributed by atoms with E-state index in [2.05, 4.69) is 29.8 Å². The molecule has 0 saturated carbocycles. The number of quaternary nitrogens is 1. The predicted octanol–water partition coefficient (Wildman–Crippen LogP) is 4.76. The summed E-state index contributed by atoms with van der Waals surface area (Å²) in [7, 11) is 1.65. The van der Waals surface area contributed by atoms with Crippen LogP contribution in [0.25, 0.3) is 10.9 Å². The van der Waals surface area contributed by atoms with Gasteiger partial charge in [0.1, 0.15) is 24.4 Å². The van der Waals surface area contributed by atoms with Gasteiger partial charge in [-0.2, -0.15) is 5.26 Å². The van der Waals surface area contributed by atoms with Crippen molar-refractivity contribution in [2.45, 2.75) is 31.5 Å². The lowest BCUT2D eigenvalue weighted by molar-refractivity contribution is -0.985. The largest absolute Gasteiger partial charge is 0.497 e. The Labute approximate surface area is 195 Å². The van der Waals surface area contributed by atoms with Crippen molar-refractivity contribution in [1.29, 1.82) is 5.26 Å². The molecule has 0 aliphatic carbocycles. The van der Waals surface area contributed by atoms with Gasteiger partial charge in [-0.3, -0.25) is 4.98 Å². The molecule has 0 spiro atoms. The van der Waals surface area contributed by atoms with Gasteiger partial charge < -0.3 is 14.3 Å². The highest BCUT2D eigenvalue weighted by molar-refractivity contribution is 5.83. The highest BCUT2D eigenvalue weighted by Gasteiger charge is 2.54. The third-order valence-corrected chi connectivity index (χ3v) is 7.96. The quantitative estimate of drug-likeness (QED) is 0.443. The van der Waals surface area contributed by atoms with Gasteiger partial charge in [0.05, 0.1) is 37.3 Å². The van der Waals surface area contributed by atoms with Crippen molar-refractivity contribution in [1.82, 2.24) is 4.98 Å². The number of aliphatic hydroxyl groups is 1. The van der Waals surface area contributed by atoms with Crippen molar-refractivity contribution < 1.29 is 14.3 Å². The maximum atomic E-state index is 11.9. The Bertz CT molecular complexity index is 1230. The van der Waals surface area contributed by atoms with E-state index in [4.69, 9.17) is 4.74 Å². The number of fused-ring (bicyclic) bond motifs is 4. The maximum absolute atomic E-state index is 11.9. The van der Waals surface area contributed by atoms with Gasteiger partial charge in [0.2, 0.25) is 0 Å². The van der Waals surface area contributed by atoms with Crippen LogP contribution in [0, 0.1) is 23.2 Å².